The largest absolute Gasteiger partial charge is 0.451 e. The van der Waals surface area contributed by atoms with Gasteiger partial charge in [0.2, 0.25) is 0 Å². The van der Waals surface area contributed by atoms with Gasteiger partial charge >= 0.3 is 5.97 Å². The third-order valence-corrected chi connectivity index (χ3v) is 3.59. The number of carbonyl (C=O) groups is 1. The molecule has 0 amide bonds. The Kier molecular flexibility index (Phi) is 3.13. The number of carbonyl (C=O) groups excluding carboxylic acids is 1. The predicted molar refractivity (Wildman–Crippen MR) is 60.3 cm³/mol. The molecule has 2 aromatic rings. The van der Waals surface area contributed by atoms with Crippen LogP contribution in [0, 0.1) is 0 Å². The molecule has 2 heterocycles. The third kappa shape index (κ3) is 2.43. The molecule has 78 valence electrons. The van der Waals surface area contributed by atoms with E-state index in [1.54, 1.807) is 12.3 Å². The lowest BCUT2D eigenvalue weighted by Gasteiger charge is -2.08. The second-order valence-corrected chi connectivity index (χ2v) is 4.77. The van der Waals surface area contributed by atoms with Gasteiger partial charge in [-0.05, 0) is 18.4 Å². The highest BCUT2D eigenvalue weighted by Crippen LogP contribution is 2.21. The molecule has 0 saturated carbocycles. The van der Waals surface area contributed by atoms with Gasteiger partial charge in [0.1, 0.15) is 9.88 Å². The summed E-state index contributed by atoms with van der Waals surface area (Å²) < 4.78 is 5.26. The van der Waals surface area contributed by atoms with E-state index in [0.29, 0.717) is 4.88 Å². The number of hydrogen-bond acceptors (Lipinski definition) is 5. The summed E-state index contributed by atoms with van der Waals surface area (Å²) in [5.41, 5.74) is 0. The first kappa shape index (κ1) is 10.3. The second-order valence-electron chi connectivity index (χ2n) is 2.90. The topological polar surface area (TPSA) is 39.2 Å². The van der Waals surface area contributed by atoms with Crippen LogP contribution < -0.4 is 0 Å². The molecule has 1 atom stereocenters. The average molecular weight is 239 g/mol. The minimum Gasteiger partial charge on any atom is -0.451 e. The van der Waals surface area contributed by atoms with Gasteiger partial charge in [0.15, 0.2) is 6.10 Å². The van der Waals surface area contributed by atoms with Gasteiger partial charge in [-0.1, -0.05) is 6.07 Å². The highest BCUT2D eigenvalue weighted by molar-refractivity contribution is 7.12. The van der Waals surface area contributed by atoms with Gasteiger partial charge in [-0.3, -0.25) is 0 Å². The maximum absolute atomic E-state index is 11.6. The van der Waals surface area contributed by atoms with Gasteiger partial charge in [-0.15, -0.1) is 22.7 Å². The molecule has 0 radical (unpaired) electrons. The number of nitrogens with zero attached hydrogens (tertiary/aromatic N) is 1. The van der Waals surface area contributed by atoms with Crippen LogP contribution in [0.1, 0.15) is 27.7 Å². The van der Waals surface area contributed by atoms with Crippen molar-refractivity contribution < 1.29 is 9.53 Å². The van der Waals surface area contributed by atoms with Gasteiger partial charge in [-0.25, -0.2) is 9.78 Å². The number of thiophene rings is 1. The Balaban J connectivity index is 2.01. The SMILES string of the molecule is C[C@@H](OC(=O)c1cccs1)c1nccs1. The van der Waals surface area contributed by atoms with Crippen molar-refractivity contribution in [3.63, 3.8) is 0 Å². The van der Waals surface area contributed by atoms with Crippen LogP contribution in [-0.2, 0) is 4.74 Å². The lowest BCUT2D eigenvalue weighted by Crippen LogP contribution is -2.07. The standard InChI is InChI=1S/C10H9NO2S2/c1-7(9-11-4-6-15-9)13-10(12)8-3-2-5-14-8/h2-7H,1H3/t7-/m1/s1. The van der Waals surface area contributed by atoms with Crippen molar-refractivity contribution in [3.05, 3.63) is 39.0 Å². The van der Waals surface area contributed by atoms with Crippen molar-refractivity contribution in [2.45, 2.75) is 13.0 Å². The van der Waals surface area contributed by atoms with Crippen molar-refractivity contribution in [2.75, 3.05) is 0 Å². The van der Waals surface area contributed by atoms with E-state index in [-0.39, 0.29) is 12.1 Å². The van der Waals surface area contributed by atoms with E-state index in [9.17, 15) is 4.79 Å². The summed E-state index contributed by atoms with van der Waals surface area (Å²) in [4.78, 5) is 16.3. The second kappa shape index (κ2) is 4.55. The van der Waals surface area contributed by atoms with Gasteiger partial charge in [0.05, 0.1) is 0 Å². The molecule has 3 nitrogen and oxygen atoms in total. The van der Waals surface area contributed by atoms with E-state index in [0.717, 1.165) is 5.01 Å². The van der Waals surface area contributed by atoms with Crippen molar-refractivity contribution in [1.82, 2.24) is 4.98 Å². The summed E-state index contributed by atoms with van der Waals surface area (Å²) in [7, 11) is 0. The van der Waals surface area contributed by atoms with Crippen LogP contribution in [0.3, 0.4) is 0 Å². The molecule has 0 fully saturated rings. The lowest BCUT2D eigenvalue weighted by molar-refractivity contribution is 0.0343. The van der Waals surface area contributed by atoms with E-state index in [2.05, 4.69) is 4.98 Å². The first-order chi connectivity index (χ1) is 7.27. The smallest absolute Gasteiger partial charge is 0.348 e. The van der Waals surface area contributed by atoms with Crippen molar-refractivity contribution in [3.8, 4) is 0 Å². The minimum absolute atomic E-state index is 0.278. The zero-order valence-electron chi connectivity index (χ0n) is 8.04. The number of hydrogen-bond donors (Lipinski definition) is 0. The van der Waals surface area contributed by atoms with E-state index < -0.39 is 0 Å². The molecule has 15 heavy (non-hydrogen) atoms. The lowest BCUT2D eigenvalue weighted by atomic mass is 10.4. The molecule has 0 unspecified atom stereocenters. The minimum atomic E-state index is -0.285. The van der Waals surface area contributed by atoms with Crippen molar-refractivity contribution >= 4 is 28.6 Å². The Bertz CT molecular complexity index is 422. The van der Waals surface area contributed by atoms with Crippen LogP contribution in [0.25, 0.3) is 0 Å². The quantitative estimate of drug-likeness (QED) is 0.772. The summed E-state index contributed by atoms with van der Waals surface area (Å²) in [6.07, 6.45) is 1.43. The van der Waals surface area contributed by atoms with Crippen LogP contribution in [0.2, 0.25) is 0 Å². The van der Waals surface area contributed by atoms with Gasteiger partial charge < -0.3 is 4.74 Å². The maximum atomic E-state index is 11.6. The molecular weight excluding hydrogens is 230 g/mol. The molecule has 0 N–H and O–H groups in total. The molecule has 0 saturated heterocycles. The number of aromatic nitrogens is 1. The zero-order chi connectivity index (χ0) is 10.7. The Labute approximate surface area is 95.4 Å². The van der Waals surface area contributed by atoms with Crippen molar-refractivity contribution in [2.24, 2.45) is 0 Å². The molecular formula is C10H9NO2S2. The van der Waals surface area contributed by atoms with Gasteiger partial charge in [-0.2, -0.15) is 0 Å². The summed E-state index contributed by atoms with van der Waals surface area (Å²) in [5, 5.41) is 4.54. The van der Waals surface area contributed by atoms with Crippen molar-refractivity contribution in [1.29, 1.82) is 0 Å². The summed E-state index contributed by atoms with van der Waals surface area (Å²) in [5.74, 6) is -0.285. The normalized spacial score (nSPS) is 12.3. The summed E-state index contributed by atoms with van der Waals surface area (Å²) in [6.45, 7) is 1.82. The van der Waals surface area contributed by atoms with Gasteiger partial charge in [0, 0.05) is 11.6 Å². The summed E-state index contributed by atoms with van der Waals surface area (Å²) >= 11 is 2.86. The summed E-state index contributed by atoms with van der Waals surface area (Å²) in [6, 6.07) is 3.58. The number of thiazole rings is 1. The molecule has 0 aromatic carbocycles. The predicted octanol–water partition coefficient (Wildman–Crippen LogP) is 3.12. The Morgan fingerprint density at radius 1 is 1.47 bits per heavy atom. The first-order valence-electron chi connectivity index (χ1n) is 4.41. The molecule has 0 aliphatic rings. The molecule has 0 aliphatic heterocycles. The fourth-order valence-corrected chi connectivity index (χ4v) is 2.33. The first-order valence-corrected chi connectivity index (χ1v) is 6.17. The van der Waals surface area contributed by atoms with Crippen LogP contribution in [0.5, 0.6) is 0 Å². The number of rotatable bonds is 3. The highest BCUT2D eigenvalue weighted by Gasteiger charge is 2.15. The van der Waals surface area contributed by atoms with Gasteiger partial charge in [0.25, 0.3) is 0 Å². The van der Waals surface area contributed by atoms with E-state index >= 15 is 0 Å². The fourth-order valence-electron chi connectivity index (χ4n) is 1.10. The Morgan fingerprint density at radius 3 is 2.93 bits per heavy atom. The third-order valence-electron chi connectivity index (χ3n) is 1.81. The molecule has 5 heteroatoms. The zero-order valence-corrected chi connectivity index (χ0v) is 9.68. The Morgan fingerprint density at radius 2 is 2.33 bits per heavy atom. The van der Waals surface area contributed by atoms with Crippen LogP contribution in [-0.4, -0.2) is 11.0 Å². The molecule has 2 rings (SSSR count). The van der Waals surface area contributed by atoms with Crippen LogP contribution >= 0.6 is 22.7 Å². The molecule has 0 bridgehead atoms. The molecule has 0 spiro atoms. The van der Waals surface area contributed by atoms with Crippen LogP contribution in [0.4, 0.5) is 0 Å². The van der Waals surface area contributed by atoms with E-state index in [4.69, 9.17) is 4.74 Å². The average Bonchev–Trinajstić information content (AvgIpc) is 2.91. The number of esters is 1. The van der Waals surface area contributed by atoms with E-state index in [1.165, 1.54) is 22.7 Å². The monoisotopic (exact) mass is 239 g/mol. The molecule has 2 aromatic heterocycles. The van der Waals surface area contributed by atoms with E-state index in [1.807, 2.05) is 23.8 Å². The maximum Gasteiger partial charge on any atom is 0.348 e. The molecule has 0 aliphatic carbocycles. The fraction of sp³-hybridized carbons (Fsp3) is 0.200. The number of ether oxygens (including phenoxy) is 1. The Hall–Kier alpha value is -1.20. The van der Waals surface area contributed by atoms with Crippen LogP contribution in [0.15, 0.2) is 29.1 Å². The highest BCUT2D eigenvalue weighted by atomic mass is 32.1.